The minimum absolute atomic E-state index is 0.215. The predicted molar refractivity (Wildman–Crippen MR) is 88.9 cm³/mol. The second kappa shape index (κ2) is 6.89. The van der Waals surface area contributed by atoms with Crippen LogP contribution in [-0.2, 0) is 13.0 Å². The molecule has 2 aliphatic rings. The Morgan fingerprint density at radius 1 is 1.40 bits per heavy atom. The first-order chi connectivity index (χ1) is 12.2. The van der Waals surface area contributed by atoms with Crippen molar-refractivity contribution in [1.82, 2.24) is 20.1 Å². The molecule has 0 unspecified atom stereocenters. The van der Waals surface area contributed by atoms with Gasteiger partial charge in [0.2, 0.25) is 6.79 Å². The van der Waals surface area contributed by atoms with E-state index in [4.69, 9.17) is 14.2 Å². The van der Waals surface area contributed by atoms with E-state index in [0.717, 1.165) is 36.8 Å². The van der Waals surface area contributed by atoms with Crippen LogP contribution in [0.25, 0.3) is 0 Å². The molecule has 2 N–H and O–H groups in total. The van der Waals surface area contributed by atoms with Crippen LogP contribution in [0.4, 0.5) is 0 Å². The van der Waals surface area contributed by atoms with Crippen LogP contribution < -0.4 is 19.5 Å². The number of aromatic nitrogens is 3. The van der Waals surface area contributed by atoms with E-state index in [1.807, 2.05) is 23.7 Å². The molecular formula is C17H22N4O4. The zero-order valence-corrected chi connectivity index (χ0v) is 14.1. The molecule has 2 aliphatic heterocycles. The molecule has 1 aromatic carbocycles. The molecule has 2 atom stereocenters. The van der Waals surface area contributed by atoms with E-state index in [0.29, 0.717) is 18.0 Å². The quantitative estimate of drug-likeness (QED) is 0.794. The van der Waals surface area contributed by atoms with E-state index in [1.165, 1.54) is 0 Å². The van der Waals surface area contributed by atoms with E-state index in [2.05, 4.69) is 15.4 Å². The second-order valence-electron chi connectivity index (χ2n) is 6.38. The third-order valence-electron chi connectivity index (χ3n) is 4.39. The fourth-order valence-electron chi connectivity index (χ4n) is 3.12. The van der Waals surface area contributed by atoms with Crippen molar-refractivity contribution in [2.75, 3.05) is 19.9 Å². The molecule has 0 saturated heterocycles. The van der Waals surface area contributed by atoms with Gasteiger partial charge in [-0.05, 0) is 25.5 Å². The van der Waals surface area contributed by atoms with E-state index < -0.39 is 6.10 Å². The summed E-state index contributed by atoms with van der Waals surface area (Å²) in [7, 11) is 0. The summed E-state index contributed by atoms with van der Waals surface area (Å²) in [5, 5.41) is 17.9. The van der Waals surface area contributed by atoms with Gasteiger partial charge >= 0.3 is 0 Å². The molecule has 4 rings (SSSR count). The van der Waals surface area contributed by atoms with Gasteiger partial charge in [0.1, 0.15) is 30.1 Å². The van der Waals surface area contributed by atoms with Gasteiger partial charge in [-0.3, -0.25) is 0 Å². The summed E-state index contributed by atoms with van der Waals surface area (Å²) in [6.07, 6.45) is 1.31. The summed E-state index contributed by atoms with van der Waals surface area (Å²) in [6, 6.07) is 5.68. The smallest absolute Gasteiger partial charge is 0.231 e. The number of aliphatic hydroxyl groups is 1. The maximum Gasteiger partial charge on any atom is 0.231 e. The number of ether oxygens (including phenoxy) is 3. The lowest BCUT2D eigenvalue weighted by Crippen LogP contribution is -2.42. The second-order valence-corrected chi connectivity index (χ2v) is 6.38. The number of nitrogens with zero attached hydrogens (tertiary/aromatic N) is 3. The molecule has 1 aromatic heterocycles. The number of aryl methyl sites for hydroxylation is 2. The molecule has 8 heteroatoms. The van der Waals surface area contributed by atoms with Gasteiger partial charge in [-0.15, -0.1) is 0 Å². The topological polar surface area (TPSA) is 90.7 Å². The number of fused-ring (bicyclic) bond motifs is 2. The summed E-state index contributed by atoms with van der Waals surface area (Å²) >= 11 is 0. The number of aliphatic hydroxyl groups excluding tert-OH is 1. The zero-order valence-electron chi connectivity index (χ0n) is 14.1. The first-order valence-corrected chi connectivity index (χ1v) is 8.51. The minimum atomic E-state index is -0.593. The van der Waals surface area contributed by atoms with Crippen molar-refractivity contribution in [2.24, 2.45) is 0 Å². The summed E-state index contributed by atoms with van der Waals surface area (Å²) < 4.78 is 18.2. The number of hydrogen-bond acceptors (Lipinski definition) is 7. The molecule has 134 valence electrons. The fraction of sp³-hybridized carbons (Fsp3) is 0.529. The van der Waals surface area contributed by atoms with Crippen LogP contribution in [0.15, 0.2) is 18.2 Å². The van der Waals surface area contributed by atoms with Gasteiger partial charge in [-0.25, -0.2) is 9.67 Å². The van der Waals surface area contributed by atoms with Gasteiger partial charge in [-0.2, -0.15) is 5.10 Å². The lowest BCUT2D eigenvalue weighted by Gasteiger charge is -2.24. The number of nitrogens with one attached hydrogen (secondary N) is 1. The Hall–Kier alpha value is -2.32. The Balaban J connectivity index is 1.22. The molecule has 0 fully saturated rings. The molecule has 0 radical (unpaired) electrons. The Morgan fingerprint density at radius 2 is 2.28 bits per heavy atom. The fourth-order valence-corrected chi connectivity index (χ4v) is 3.12. The van der Waals surface area contributed by atoms with Gasteiger partial charge in [0.25, 0.3) is 0 Å². The molecule has 8 nitrogen and oxygen atoms in total. The molecule has 0 aliphatic carbocycles. The minimum Gasteiger partial charge on any atom is -0.491 e. The molecular weight excluding hydrogens is 324 g/mol. The van der Waals surface area contributed by atoms with Crippen LogP contribution in [-0.4, -0.2) is 52.0 Å². The highest BCUT2D eigenvalue weighted by atomic mass is 16.7. The highest BCUT2D eigenvalue weighted by Gasteiger charge is 2.21. The molecule has 0 amide bonds. The van der Waals surface area contributed by atoms with Gasteiger partial charge in [0, 0.05) is 25.1 Å². The van der Waals surface area contributed by atoms with E-state index in [-0.39, 0.29) is 19.4 Å². The van der Waals surface area contributed by atoms with Crippen LogP contribution in [0.2, 0.25) is 0 Å². The Kier molecular flexibility index (Phi) is 4.46. The Morgan fingerprint density at radius 3 is 3.20 bits per heavy atom. The average Bonchev–Trinajstić information content (AvgIpc) is 3.22. The van der Waals surface area contributed by atoms with Crippen molar-refractivity contribution in [3.63, 3.8) is 0 Å². The summed E-state index contributed by atoms with van der Waals surface area (Å²) in [4.78, 5) is 4.40. The van der Waals surface area contributed by atoms with Crippen molar-refractivity contribution in [2.45, 2.75) is 38.5 Å². The molecule has 2 aromatic rings. The van der Waals surface area contributed by atoms with Crippen LogP contribution in [0.1, 0.15) is 18.1 Å². The third kappa shape index (κ3) is 3.69. The van der Waals surface area contributed by atoms with Crippen LogP contribution >= 0.6 is 0 Å². The van der Waals surface area contributed by atoms with Crippen molar-refractivity contribution < 1.29 is 19.3 Å². The molecule has 0 bridgehead atoms. The number of rotatable bonds is 6. The molecule has 0 saturated carbocycles. The molecule has 3 heterocycles. The van der Waals surface area contributed by atoms with Crippen molar-refractivity contribution in [3.8, 4) is 17.2 Å². The maximum absolute atomic E-state index is 10.2. The average molecular weight is 346 g/mol. The van der Waals surface area contributed by atoms with Crippen LogP contribution in [0.5, 0.6) is 17.2 Å². The predicted octanol–water partition coefficient (Wildman–Crippen LogP) is 0.660. The summed E-state index contributed by atoms with van der Waals surface area (Å²) in [5.74, 6) is 3.90. The number of hydrogen-bond donors (Lipinski definition) is 2. The van der Waals surface area contributed by atoms with Crippen LogP contribution in [0, 0.1) is 6.92 Å². The lowest BCUT2D eigenvalue weighted by molar-refractivity contribution is 0.101. The third-order valence-corrected chi connectivity index (χ3v) is 4.39. The van der Waals surface area contributed by atoms with Crippen molar-refractivity contribution in [1.29, 1.82) is 0 Å². The Bertz CT molecular complexity index is 748. The van der Waals surface area contributed by atoms with E-state index in [1.54, 1.807) is 6.07 Å². The van der Waals surface area contributed by atoms with E-state index >= 15 is 0 Å². The SMILES string of the molecule is Cc1nc2n(n1)C[C@H](NC[C@@H](O)COc1ccc3c(c1)OCO3)CC2. The standard InChI is InChI=1S/C17H22N4O4/c1-11-19-17-5-2-12(8-21(17)20-11)18-7-13(22)9-23-14-3-4-15-16(6-14)25-10-24-15/h3-4,6,12-13,18,22H,2,5,7-10H2,1H3/t12-,13-/m1/s1. The van der Waals surface area contributed by atoms with Gasteiger partial charge in [0.15, 0.2) is 11.5 Å². The monoisotopic (exact) mass is 346 g/mol. The van der Waals surface area contributed by atoms with Crippen LogP contribution in [0.3, 0.4) is 0 Å². The van der Waals surface area contributed by atoms with Gasteiger partial charge in [-0.1, -0.05) is 0 Å². The first kappa shape index (κ1) is 16.2. The highest BCUT2D eigenvalue weighted by molar-refractivity contribution is 5.46. The summed E-state index contributed by atoms with van der Waals surface area (Å²) in [6.45, 7) is 3.61. The largest absolute Gasteiger partial charge is 0.491 e. The number of benzene rings is 1. The highest BCUT2D eigenvalue weighted by Crippen LogP contribution is 2.35. The summed E-state index contributed by atoms with van der Waals surface area (Å²) in [5.41, 5.74) is 0. The molecule has 0 spiro atoms. The van der Waals surface area contributed by atoms with Gasteiger partial charge < -0.3 is 24.6 Å². The zero-order chi connectivity index (χ0) is 17.2. The maximum atomic E-state index is 10.2. The van der Waals surface area contributed by atoms with Crippen molar-refractivity contribution in [3.05, 3.63) is 29.8 Å². The Labute approximate surface area is 145 Å². The first-order valence-electron chi connectivity index (χ1n) is 8.51. The lowest BCUT2D eigenvalue weighted by atomic mass is 10.1. The normalized spacial score (nSPS) is 19.5. The molecule has 25 heavy (non-hydrogen) atoms. The van der Waals surface area contributed by atoms with Crippen molar-refractivity contribution >= 4 is 0 Å². The van der Waals surface area contributed by atoms with Gasteiger partial charge in [0.05, 0.1) is 6.54 Å². The van der Waals surface area contributed by atoms with E-state index in [9.17, 15) is 5.11 Å².